The monoisotopic (exact) mass is 400 g/mol. The topological polar surface area (TPSA) is 60.3 Å². The third-order valence-corrected chi connectivity index (χ3v) is 6.08. The van der Waals surface area contributed by atoms with Crippen LogP contribution >= 0.6 is 0 Å². The van der Waals surface area contributed by atoms with Crippen molar-refractivity contribution in [2.24, 2.45) is 0 Å². The highest BCUT2D eigenvalue weighted by Crippen LogP contribution is 2.37. The van der Waals surface area contributed by atoms with Crippen molar-refractivity contribution in [3.05, 3.63) is 87.3 Å². The Hall–Kier alpha value is -3.18. The third kappa shape index (κ3) is 3.35. The summed E-state index contributed by atoms with van der Waals surface area (Å²) in [4.78, 5) is 26.0. The molecule has 1 unspecified atom stereocenters. The smallest absolute Gasteiger partial charge is 0.263 e. The van der Waals surface area contributed by atoms with Gasteiger partial charge in [0.25, 0.3) is 11.5 Å². The Labute approximate surface area is 175 Å². The number of benzene rings is 2. The Morgan fingerprint density at radius 2 is 1.97 bits per heavy atom. The SMILES string of the molecule is Cc1ccn(CC2CCCO2)c(=O)c1C(=O)Nc1ccc2c(c1)Cc1ccccc1-2. The summed E-state index contributed by atoms with van der Waals surface area (Å²) < 4.78 is 7.24. The Balaban J connectivity index is 1.39. The van der Waals surface area contributed by atoms with Crippen LogP contribution < -0.4 is 10.9 Å². The minimum Gasteiger partial charge on any atom is -0.376 e. The predicted octanol–water partition coefficient (Wildman–Crippen LogP) is 4.16. The molecule has 2 aliphatic rings. The molecule has 2 heterocycles. The summed E-state index contributed by atoms with van der Waals surface area (Å²) in [6, 6.07) is 16.1. The zero-order valence-corrected chi connectivity index (χ0v) is 17.0. The number of hydrogen-bond donors (Lipinski definition) is 1. The number of anilines is 1. The molecule has 1 N–H and O–H groups in total. The number of hydrogen-bond acceptors (Lipinski definition) is 3. The van der Waals surface area contributed by atoms with Crippen LogP contribution in [-0.2, 0) is 17.7 Å². The van der Waals surface area contributed by atoms with Crippen LogP contribution in [0.5, 0.6) is 0 Å². The zero-order valence-electron chi connectivity index (χ0n) is 17.0. The van der Waals surface area contributed by atoms with Gasteiger partial charge in [0.15, 0.2) is 0 Å². The molecule has 5 heteroatoms. The van der Waals surface area contributed by atoms with Crippen LogP contribution in [0.4, 0.5) is 5.69 Å². The molecule has 1 aromatic heterocycles. The molecule has 0 spiro atoms. The minimum absolute atomic E-state index is 0.0414. The maximum absolute atomic E-state index is 13.0. The molecule has 5 nitrogen and oxygen atoms in total. The number of rotatable bonds is 4. The van der Waals surface area contributed by atoms with Crippen LogP contribution in [0.2, 0.25) is 0 Å². The van der Waals surface area contributed by atoms with Crippen LogP contribution in [0.25, 0.3) is 11.1 Å². The van der Waals surface area contributed by atoms with Crippen molar-refractivity contribution >= 4 is 11.6 Å². The van der Waals surface area contributed by atoms with E-state index in [1.807, 2.05) is 36.4 Å². The van der Waals surface area contributed by atoms with Crippen molar-refractivity contribution in [2.75, 3.05) is 11.9 Å². The van der Waals surface area contributed by atoms with Gasteiger partial charge in [-0.3, -0.25) is 9.59 Å². The Kier molecular flexibility index (Phi) is 4.75. The normalized spacial score (nSPS) is 16.9. The lowest BCUT2D eigenvalue weighted by Gasteiger charge is -2.14. The Bertz CT molecular complexity index is 1190. The molecule has 0 radical (unpaired) electrons. The van der Waals surface area contributed by atoms with Gasteiger partial charge in [0.1, 0.15) is 5.56 Å². The number of aromatic nitrogens is 1. The third-order valence-electron chi connectivity index (χ3n) is 6.08. The van der Waals surface area contributed by atoms with E-state index >= 15 is 0 Å². The highest BCUT2D eigenvalue weighted by atomic mass is 16.5. The molecule has 1 aliphatic heterocycles. The van der Waals surface area contributed by atoms with E-state index in [9.17, 15) is 9.59 Å². The number of ether oxygens (including phenoxy) is 1. The minimum atomic E-state index is -0.366. The Morgan fingerprint density at radius 3 is 2.80 bits per heavy atom. The molecule has 0 saturated carbocycles. The fourth-order valence-corrected chi connectivity index (χ4v) is 4.51. The lowest BCUT2D eigenvalue weighted by Crippen LogP contribution is -2.32. The Morgan fingerprint density at radius 1 is 1.13 bits per heavy atom. The highest BCUT2D eigenvalue weighted by molar-refractivity contribution is 6.05. The average molecular weight is 400 g/mol. The van der Waals surface area contributed by atoms with Gasteiger partial charge >= 0.3 is 0 Å². The van der Waals surface area contributed by atoms with Crippen molar-refractivity contribution in [3.8, 4) is 11.1 Å². The maximum atomic E-state index is 13.0. The van der Waals surface area contributed by atoms with E-state index in [2.05, 4.69) is 17.4 Å². The van der Waals surface area contributed by atoms with E-state index in [4.69, 9.17) is 4.74 Å². The zero-order chi connectivity index (χ0) is 20.7. The fraction of sp³-hybridized carbons (Fsp3) is 0.280. The summed E-state index contributed by atoms with van der Waals surface area (Å²) in [7, 11) is 0. The van der Waals surface area contributed by atoms with Gasteiger partial charge in [-0.15, -0.1) is 0 Å². The molecule has 152 valence electrons. The molecule has 30 heavy (non-hydrogen) atoms. The molecule has 2 aromatic carbocycles. The number of aryl methyl sites for hydroxylation is 1. The van der Waals surface area contributed by atoms with Gasteiger partial charge in [0, 0.05) is 18.5 Å². The standard InChI is InChI=1S/C25H24N2O3/c1-16-10-11-27(15-20-6-4-12-30-20)25(29)23(16)24(28)26-19-8-9-22-18(14-19)13-17-5-2-3-7-21(17)22/h2-3,5,7-11,14,20H,4,6,12-13,15H2,1H3,(H,26,28). The molecule has 3 aromatic rings. The van der Waals surface area contributed by atoms with E-state index in [-0.39, 0.29) is 23.1 Å². The summed E-state index contributed by atoms with van der Waals surface area (Å²) in [5.74, 6) is -0.366. The summed E-state index contributed by atoms with van der Waals surface area (Å²) >= 11 is 0. The number of pyridine rings is 1. The van der Waals surface area contributed by atoms with Crippen LogP contribution in [-0.4, -0.2) is 23.2 Å². The molecule has 1 amide bonds. The number of nitrogens with zero attached hydrogens (tertiary/aromatic N) is 1. The number of nitrogens with one attached hydrogen (secondary N) is 1. The van der Waals surface area contributed by atoms with Crippen molar-refractivity contribution in [3.63, 3.8) is 0 Å². The van der Waals surface area contributed by atoms with Gasteiger partial charge in [-0.25, -0.2) is 0 Å². The molecular weight excluding hydrogens is 376 g/mol. The molecule has 1 atom stereocenters. The highest BCUT2D eigenvalue weighted by Gasteiger charge is 2.22. The van der Waals surface area contributed by atoms with Crippen LogP contribution in [0, 0.1) is 6.92 Å². The average Bonchev–Trinajstić information content (AvgIpc) is 3.37. The van der Waals surface area contributed by atoms with Crippen molar-refractivity contribution < 1.29 is 9.53 Å². The summed E-state index contributed by atoms with van der Waals surface area (Å²) in [5, 5.41) is 2.93. The van der Waals surface area contributed by atoms with Gasteiger partial charge in [-0.1, -0.05) is 30.3 Å². The first-order valence-corrected chi connectivity index (χ1v) is 10.4. The maximum Gasteiger partial charge on any atom is 0.263 e. The van der Waals surface area contributed by atoms with E-state index in [1.54, 1.807) is 17.7 Å². The second-order valence-corrected chi connectivity index (χ2v) is 8.13. The van der Waals surface area contributed by atoms with Crippen LogP contribution in [0.15, 0.2) is 59.5 Å². The van der Waals surface area contributed by atoms with E-state index < -0.39 is 0 Å². The molecule has 1 fully saturated rings. The number of carbonyl (C=O) groups excluding carboxylic acids is 1. The molecule has 5 rings (SSSR count). The second-order valence-electron chi connectivity index (χ2n) is 8.13. The molecule has 0 bridgehead atoms. The number of fused-ring (bicyclic) bond motifs is 3. The quantitative estimate of drug-likeness (QED) is 0.560. The van der Waals surface area contributed by atoms with Crippen molar-refractivity contribution in [2.45, 2.75) is 38.8 Å². The van der Waals surface area contributed by atoms with Crippen LogP contribution in [0.3, 0.4) is 0 Å². The van der Waals surface area contributed by atoms with Gasteiger partial charge in [-0.2, -0.15) is 0 Å². The van der Waals surface area contributed by atoms with E-state index in [0.717, 1.165) is 25.9 Å². The molecule has 1 aliphatic carbocycles. The van der Waals surface area contributed by atoms with E-state index in [1.165, 1.54) is 22.3 Å². The first kappa shape index (κ1) is 18.8. The molecular formula is C25H24N2O3. The first-order valence-electron chi connectivity index (χ1n) is 10.4. The van der Waals surface area contributed by atoms with Gasteiger partial charge in [-0.05, 0) is 72.2 Å². The fourth-order valence-electron chi connectivity index (χ4n) is 4.51. The predicted molar refractivity (Wildman–Crippen MR) is 117 cm³/mol. The van der Waals surface area contributed by atoms with E-state index in [0.29, 0.717) is 17.8 Å². The van der Waals surface area contributed by atoms with Gasteiger partial charge in [0.2, 0.25) is 0 Å². The summed E-state index contributed by atoms with van der Waals surface area (Å²) in [6.07, 6.45) is 4.61. The van der Waals surface area contributed by atoms with Gasteiger partial charge in [0.05, 0.1) is 12.6 Å². The van der Waals surface area contributed by atoms with Crippen molar-refractivity contribution in [1.82, 2.24) is 4.57 Å². The number of amides is 1. The summed E-state index contributed by atoms with van der Waals surface area (Å²) in [6.45, 7) is 3.02. The lowest BCUT2D eigenvalue weighted by atomic mass is 10.1. The summed E-state index contributed by atoms with van der Waals surface area (Å²) in [5.41, 5.74) is 6.26. The number of carbonyl (C=O) groups is 1. The molecule has 1 saturated heterocycles. The van der Waals surface area contributed by atoms with Crippen molar-refractivity contribution in [1.29, 1.82) is 0 Å². The second kappa shape index (κ2) is 7.58. The van der Waals surface area contributed by atoms with Gasteiger partial charge < -0.3 is 14.6 Å². The largest absolute Gasteiger partial charge is 0.376 e. The first-order chi connectivity index (χ1) is 14.6. The van der Waals surface area contributed by atoms with Crippen LogP contribution in [0.1, 0.15) is 39.9 Å². The lowest BCUT2D eigenvalue weighted by molar-refractivity contribution is 0.0952.